The van der Waals surface area contributed by atoms with E-state index in [1.54, 1.807) is 0 Å². The van der Waals surface area contributed by atoms with Crippen LogP contribution in [0.15, 0.2) is 18.2 Å². The molecule has 2 fully saturated rings. The highest BCUT2D eigenvalue weighted by atomic mass is 32.2. The smallest absolute Gasteiger partial charge is 0.389 e. The molecule has 1 N–H and O–H groups in total. The summed E-state index contributed by atoms with van der Waals surface area (Å²) in [6, 6.07) is 3.01. The van der Waals surface area contributed by atoms with E-state index < -0.39 is 23.2 Å². The number of aliphatic hydroxyl groups is 1. The molecule has 0 aliphatic carbocycles. The highest BCUT2D eigenvalue weighted by molar-refractivity contribution is 8.00. The highest BCUT2D eigenvalue weighted by Gasteiger charge is 2.43. The minimum atomic E-state index is -4.70. The van der Waals surface area contributed by atoms with E-state index >= 15 is 0 Å². The van der Waals surface area contributed by atoms with Crippen LogP contribution in [0, 0.1) is 5.82 Å². The summed E-state index contributed by atoms with van der Waals surface area (Å²) in [5.74, 6) is -1.27. The van der Waals surface area contributed by atoms with Crippen LogP contribution in [-0.4, -0.2) is 21.2 Å². The summed E-state index contributed by atoms with van der Waals surface area (Å²) in [5.41, 5.74) is -1.87. The van der Waals surface area contributed by atoms with Crippen molar-refractivity contribution in [2.24, 2.45) is 0 Å². The summed E-state index contributed by atoms with van der Waals surface area (Å²) in [4.78, 5) is 0. The third kappa shape index (κ3) is 3.21. The maximum atomic E-state index is 13.3. The molecule has 3 rings (SSSR count). The number of rotatable bonds is 2. The summed E-state index contributed by atoms with van der Waals surface area (Å²) in [5, 5.41) is 11.5. The van der Waals surface area contributed by atoms with E-state index in [9.17, 15) is 22.7 Å². The van der Waals surface area contributed by atoms with Gasteiger partial charge in [-0.15, -0.1) is 0 Å². The molecule has 6 heteroatoms. The molecule has 2 unspecified atom stereocenters. The highest BCUT2D eigenvalue weighted by Crippen LogP contribution is 2.48. The SMILES string of the molecule is OC1(Cc2ccc(F)c(C(F)(F)F)c2)CC2CCC(C1)S2. The van der Waals surface area contributed by atoms with Crippen LogP contribution in [-0.2, 0) is 12.6 Å². The Bertz CT molecular complexity index is 531. The average Bonchev–Trinajstić information content (AvgIpc) is 2.70. The Morgan fingerprint density at radius 1 is 1.19 bits per heavy atom. The van der Waals surface area contributed by atoms with E-state index in [1.807, 2.05) is 11.8 Å². The van der Waals surface area contributed by atoms with E-state index in [1.165, 1.54) is 6.07 Å². The van der Waals surface area contributed by atoms with Gasteiger partial charge in [-0.3, -0.25) is 0 Å². The molecule has 2 heterocycles. The lowest BCUT2D eigenvalue weighted by Crippen LogP contribution is -2.39. The molecule has 0 spiro atoms. The number of hydrogen-bond acceptors (Lipinski definition) is 2. The van der Waals surface area contributed by atoms with Crippen molar-refractivity contribution < 1.29 is 22.7 Å². The predicted octanol–water partition coefficient (Wildman–Crippen LogP) is 4.18. The zero-order valence-corrected chi connectivity index (χ0v) is 12.1. The van der Waals surface area contributed by atoms with Crippen LogP contribution in [0.4, 0.5) is 17.6 Å². The lowest BCUT2D eigenvalue weighted by molar-refractivity contribution is -0.140. The minimum Gasteiger partial charge on any atom is -0.389 e. The third-order valence-electron chi connectivity index (χ3n) is 4.28. The number of alkyl halides is 3. The first kappa shape index (κ1) is 15.2. The molecule has 0 radical (unpaired) electrons. The largest absolute Gasteiger partial charge is 0.419 e. The lowest BCUT2D eigenvalue weighted by Gasteiger charge is -2.36. The van der Waals surface area contributed by atoms with Gasteiger partial charge in [0.25, 0.3) is 0 Å². The van der Waals surface area contributed by atoms with Gasteiger partial charge >= 0.3 is 6.18 Å². The van der Waals surface area contributed by atoms with Crippen molar-refractivity contribution >= 4 is 11.8 Å². The Hall–Kier alpha value is -0.750. The van der Waals surface area contributed by atoms with Crippen LogP contribution < -0.4 is 0 Å². The molecule has 2 bridgehead atoms. The van der Waals surface area contributed by atoms with Crippen molar-refractivity contribution in [1.82, 2.24) is 0 Å². The lowest BCUT2D eigenvalue weighted by atomic mass is 9.86. The van der Waals surface area contributed by atoms with Crippen LogP contribution in [0.3, 0.4) is 0 Å². The summed E-state index contributed by atoms with van der Waals surface area (Å²) >= 11 is 1.88. The molecule has 2 aliphatic rings. The normalized spacial score (nSPS) is 32.4. The number of benzene rings is 1. The predicted molar refractivity (Wildman–Crippen MR) is 73.7 cm³/mol. The first-order valence-electron chi connectivity index (χ1n) is 6.99. The quantitative estimate of drug-likeness (QED) is 0.825. The van der Waals surface area contributed by atoms with Crippen LogP contribution in [0.25, 0.3) is 0 Å². The Labute approximate surface area is 124 Å². The van der Waals surface area contributed by atoms with Crippen molar-refractivity contribution in [3.8, 4) is 0 Å². The fourth-order valence-corrected chi connectivity index (χ4v) is 5.34. The van der Waals surface area contributed by atoms with Crippen LogP contribution in [0.5, 0.6) is 0 Å². The topological polar surface area (TPSA) is 20.2 Å². The second-order valence-electron chi connectivity index (χ2n) is 6.08. The molecule has 0 aromatic heterocycles. The van der Waals surface area contributed by atoms with E-state index in [0.717, 1.165) is 25.0 Å². The van der Waals surface area contributed by atoms with Gasteiger partial charge in [-0.05, 0) is 43.4 Å². The van der Waals surface area contributed by atoms with Gasteiger partial charge in [0.2, 0.25) is 0 Å². The van der Waals surface area contributed by atoms with Gasteiger partial charge in [-0.1, -0.05) is 6.07 Å². The standard InChI is InChI=1S/C15H16F4OS/c16-13-4-1-9(5-12(13)15(17,18)19)6-14(20)7-10-2-3-11(8-14)21-10/h1,4-5,10-11,20H,2-3,6-8H2. The fourth-order valence-electron chi connectivity index (χ4n) is 3.44. The van der Waals surface area contributed by atoms with E-state index in [0.29, 0.717) is 28.9 Å². The maximum absolute atomic E-state index is 13.3. The van der Waals surface area contributed by atoms with Gasteiger partial charge in [0, 0.05) is 16.9 Å². The molecule has 21 heavy (non-hydrogen) atoms. The van der Waals surface area contributed by atoms with E-state index in [2.05, 4.69) is 0 Å². The van der Waals surface area contributed by atoms with E-state index in [-0.39, 0.29) is 6.42 Å². The van der Waals surface area contributed by atoms with Gasteiger partial charge in [-0.25, -0.2) is 4.39 Å². The molecule has 2 atom stereocenters. The molecule has 0 saturated carbocycles. The molecular weight excluding hydrogens is 304 g/mol. The summed E-state index contributed by atoms with van der Waals surface area (Å²) in [6.07, 6.45) is -1.21. The van der Waals surface area contributed by atoms with Gasteiger partial charge in [-0.2, -0.15) is 24.9 Å². The Balaban J connectivity index is 1.82. The Morgan fingerprint density at radius 2 is 1.81 bits per heavy atom. The summed E-state index contributed by atoms with van der Waals surface area (Å²) in [6.45, 7) is 0. The monoisotopic (exact) mass is 320 g/mol. The molecular formula is C15H16F4OS. The van der Waals surface area contributed by atoms with Crippen molar-refractivity contribution in [2.45, 2.75) is 54.4 Å². The summed E-state index contributed by atoms with van der Waals surface area (Å²) < 4.78 is 51.5. The van der Waals surface area contributed by atoms with Gasteiger partial charge in [0.15, 0.2) is 0 Å². The molecule has 2 aliphatic heterocycles. The van der Waals surface area contributed by atoms with Crippen LogP contribution in [0.2, 0.25) is 0 Å². The molecule has 1 nitrogen and oxygen atoms in total. The van der Waals surface area contributed by atoms with Crippen molar-refractivity contribution in [3.05, 3.63) is 35.1 Å². The third-order valence-corrected chi connectivity index (χ3v) is 5.85. The van der Waals surface area contributed by atoms with Gasteiger partial charge in [0.05, 0.1) is 11.2 Å². The van der Waals surface area contributed by atoms with Crippen molar-refractivity contribution in [3.63, 3.8) is 0 Å². The zero-order chi connectivity index (χ0) is 15.3. The molecule has 116 valence electrons. The van der Waals surface area contributed by atoms with Crippen molar-refractivity contribution in [1.29, 1.82) is 0 Å². The minimum absolute atomic E-state index is 0.157. The maximum Gasteiger partial charge on any atom is 0.419 e. The van der Waals surface area contributed by atoms with Crippen LogP contribution in [0.1, 0.15) is 36.8 Å². The van der Waals surface area contributed by atoms with Crippen LogP contribution >= 0.6 is 11.8 Å². The fraction of sp³-hybridized carbons (Fsp3) is 0.600. The average molecular weight is 320 g/mol. The number of fused-ring (bicyclic) bond motifs is 2. The molecule has 0 amide bonds. The molecule has 2 saturated heterocycles. The second kappa shape index (κ2) is 5.16. The Morgan fingerprint density at radius 3 is 2.38 bits per heavy atom. The Kier molecular flexibility index (Phi) is 3.72. The first-order chi connectivity index (χ1) is 9.75. The van der Waals surface area contributed by atoms with E-state index in [4.69, 9.17) is 0 Å². The molecule has 1 aromatic carbocycles. The van der Waals surface area contributed by atoms with Gasteiger partial charge < -0.3 is 5.11 Å². The molecule has 1 aromatic rings. The second-order valence-corrected chi connectivity index (χ2v) is 7.68. The number of thioether (sulfide) groups is 1. The van der Waals surface area contributed by atoms with Crippen molar-refractivity contribution in [2.75, 3.05) is 0 Å². The number of hydrogen-bond donors (Lipinski definition) is 1. The zero-order valence-electron chi connectivity index (χ0n) is 11.3. The first-order valence-corrected chi connectivity index (χ1v) is 7.93. The summed E-state index contributed by atoms with van der Waals surface area (Å²) in [7, 11) is 0. The number of halogens is 4. The van der Waals surface area contributed by atoms with Gasteiger partial charge in [0.1, 0.15) is 5.82 Å².